The van der Waals surface area contributed by atoms with Crippen molar-refractivity contribution in [3.8, 4) is 45.6 Å². The normalized spacial score (nSPS) is 15.7. The molecule has 236 valence electrons. The third kappa shape index (κ3) is 5.22. The molecule has 2 N–H and O–H groups in total. The van der Waals surface area contributed by atoms with Crippen molar-refractivity contribution in [2.45, 2.75) is 12.3 Å². The summed E-state index contributed by atoms with van der Waals surface area (Å²) in [6.07, 6.45) is 2.77. The van der Waals surface area contributed by atoms with E-state index in [0.29, 0.717) is 46.8 Å². The van der Waals surface area contributed by atoms with Gasteiger partial charge in [0.1, 0.15) is 22.9 Å². The van der Waals surface area contributed by atoms with Gasteiger partial charge in [0.15, 0.2) is 23.3 Å². The van der Waals surface area contributed by atoms with Crippen molar-refractivity contribution >= 4 is 155 Å². The van der Waals surface area contributed by atoms with Crippen LogP contribution in [0.1, 0.15) is 24.0 Å². The van der Waals surface area contributed by atoms with Gasteiger partial charge in [-0.05, 0) is 160 Å². The number of benzene rings is 3. The highest BCUT2D eigenvalue weighted by atomic mass is 79.9. The minimum atomic E-state index is -0.0855. The highest BCUT2D eigenvalue weighted by molar-refractivity contribution is 9.14. The van der Waals surface area contributed by atoms with Crippen LogP contribution in [0.25, 0.3) is 73.2 Å². The number of fused-ring (bicyclic) bond motifs is 20. The van der Waals surface area contributed by atoms with Crippen molar-refractivity contribution in [1.82, 2.24) is 39.9 Å². The fraction of sp³-hybridized carbons (Fsp3) is 0.0625. The molecule has 3 aromatic carbocycles. The Kier molecular flexibility index (Phi) is 8.04. The first-order valence-corrected chi connectivity index (χ1v) is 20.4. The number of allylic oxidation sites excluding steroid dienone is 4. The van der Waals surface area contributed by atoms with Crippen molar-refractivity contribution in [3.63, 3.8) is 0 Å². The van der Waals surface area contributed by atoms with Gasteiger partial charge in [0.05, 0.1) is 5.92 Å². The number of nitrogens with zero attached hydrogens (tertiary/aromatic N) is 6. The molecule has 0 saturated carbocycles. The van der Waals surface area contributed by atoms with Crippen LogP contribution in [-0.4, -0.2) is 39.9 Å². The predicted molar refractivity (Wildman–Crippen MR) is 216 cm³/mol. The lowest BCUT2D eigenvalue weighted by Crippen LogP contribution is -2.03. The van der Waals surface area contributed by atoms with Crippen LogP contribution in [0.3, 0.4) is 0 Å². The lowest BCUT2D eigenvalue weighted by molar-refractivity contribution is 0.825. The number of nitrogens with one attached hydrogen (secondary N) is 2. The van der Waals surface area contributed by atoms with E-state index in [2.05, 4.69) is 143 Å². The molecular formula is C32H12Br8N8. The molecule has 8 nitrogen and oxygen atoms in total. The molecule has 0 amide bonds. The molecule has 5 heterocycles. The van der Waals surface area contributed by atoms with Gasteiger partial charge >= 0.3 is 0 Å². The summed E-state index contributed by atoms with van der Waals surface area (Å²) in [5, 5.41) is 1.74. The summed E-state index contributed by atoms with van der Waals surface area (Å²) in [6.45, 7) is 0. The van der Waals surface area contributed by atoms with Gasteiger partial charge in [0, 0.05) is 74.4 Å². The second-order valence-corrected chi connectivity index (χ2v) is 18.1. The smallest absolute Gasteiger partial charge is 0.164 e. The van der Waals surface area contributed by atoms with Gasteiger partial charge in [0.2, 0.25) is 0 Å². The maximum Gasteiger partial charge on any atom is 0.164 e. The van der Waals surface area contributed by atoms with Gasteiger partial charge in [-0.2, -0.15) is 0 Å². The number of aromatic nitrogens is 8. The van der Waals surface area contributed by atoms with Crippen LogP contribution in [0.2, 0.25) is 0 Å². The maximum absolute atomic E-state index is 5.18. The van der Waals surface area contributed by atoms with E-state index in [4.69, 9.17) is 29.9 Å². The largest absolute Gasteiger partial charge is 0.328 e. The van der Waals surface area contributed by atoms with Crippen LogP contribution in [0, 0.1) is 0 Å². The van der Waals surface area contributed by atoms with Crippen LogP contribution in [0.15, 0.2) is 78.3 Å². The highest BCUT2D eigenvalue weighted by Crippen LogP contribution is 2.48. The van der Waals surface area contributed by atoms with E-state index in [1.165, 1.54) is 0 Å². The number of H-pyrrole nitrogens is 2. The first-order valence-electron chi connectivity index (χ1n) is 14.1. The van der Waals surface area contributed by atoms with Gasteiger partial charge in [0.25, 0.3) is 0 Å². The lowest BCUT2D eigenvalue weighted by Gasteiger charge is -2.17. The van der Waals surface area contributed by atoms with Crippen molar-refractivity contribution < 1.29 is 0 Å². The van der Waals surface area contributed by atoms with Crippen LogP contribution in [0.5, 0.6) is 0 Å². The van der Waals surface area contributed by atoms with E-state index in [0.717, 1.165) is 80.2 Å². The van der Waals surface area contributed by atoms with Crippen LogP contribution >= 0.6 is 127 Å². The Balaban J connectivity index is 1.47. The molecule has 16 heteroatoms. The molecule has 3 aliphatic heterocycles. The summed E-state index contributed by atoms with van der Waals surface area (Å²) in [5.74, 6) is 3.46. The quantitative estimate of drug-likeness (QED) is 0.157. The van der Waals surface area contributed by atoms with Gasteiger partial charge in [-0.15, -0.1) is 0 Å². The zero-order chi connectivity index (χ0) is 33.2. The van der Waals surface area contributed by atoms with Crippen LogP contribution in [0.4, 0.5) is 0 Å². The highest BCUT2D eigenvalue weighted by Gasteiger charge is 2.33. The topological polar surface area (TPSA) is 109 Å². The summed E-state index contributed by atoms with van der Waals surface area (Å²) in [7, 11) is 0. The second-order valence-electron chi connectivity index (χ2n) is 11.2. The fourth-order valence-electron chi connectivity index (χ4n) is 6.07. The summed E-state index contributed by atoms with van der Waals surface area (Å²) < 4.78 is 7.30. The standard InChI is InChI=1S/C32H12Br8N8/c33-17-1-9-10(2-18(17)34)26-41-25(9)45-27-11-3-19(35)20(36)4-12(11)29(42-27)47-31-15-7-23(39)24(40)8-16(15)32(44-31)48-30-14-6-22(38)21(37)5-13(14)28(43-30)46-26/h1-7,16H,8H2,(H2,41,42,43,44,45,46,47,48). The molecule has 0 radical (unpaired) electrons. The molecule has 1 atom stereocenters. The van der Waals surface area contributed by atoms with Gasteiger partial charge in [-0.3, -0.25) is 0 Å². The van der Waals surface area contributed by atoms with Crippen LogP contribution < -0.4 is 0 Å². The molecule has 8 bridgehead atoms. The molecule has 4 aliphatic rings. The molecule has 1 unspecified atom stereocenters. The predicted octanol–water partition coefficient (Wildman–Crippen LogP) is 12.6. The number of aromatic amines is 2. The summed E-state index contributed by atoms with van der Waals surface area (Å²) >= 11 is 29.5. The summed E-state index contributed by atoms with van der Waals surface area (Å²) in [5.41, 5.74) is 5.62. The number of hydrogen-bond donors (Lipinski definition) is 2. The minimum absolute atomic E-state index is 0.0855. The van der Waals surface area contributed by atoms with E-state index in [1.807, 2.05) is 36.4 Å². The molecule has 48 heavy (non-hydrogen) atoms. The Hall–Kier alpha value is -1.66. The fourth-order valence-corrected chi connectivity index (χ4v) is 8.98. The summed E-state index contributed by atoms with van der Waals surface area (Å²) in [6, 6.07) is 12.1. The lowest BCUT2D eigenvalue weighted by atomic mass is 9.92. The molecule has 0 fully saturated rings. The summed E-state index contributed by atoms with van der Waals surface area (Å²) in [4.78, 5) is 37.6. The molecule has 5 aromatic rings. The molecule has 9 rings (SSSR count). The van der Waals surface area contributed by atoms with Crippen molar-refractivity contribution in [3.05, 3.63) is 89.9 Å². The second kappa shape index (κ2) is 12.0. The first kappa shape index (κ1) is 32.3. The van der Waals surface area contributed by atoms with E-state index >= 15 is 0 Å². The van der Waals surface area contributed by atoms with E-state index in [-0.39, 0.29) is 5.92 Å². The average Bonchev–Trinajstić information content (AvgIpc) is 3.74. The minimum Gasteiger partial charge on any atom is -0.328 e. The molecule has 0 saturated heterocycles. The number of rotatable bonds is 0. The Morgan fingerprint density at radius 3 is 1.44 bits per heavy atom. The Morgan fingerprint density at radius 1 is 0.500 bits per heavy atom. The zero-order valence-corrected chi connectivity index (χ0v) is 36.2. The van der Waals surface area contributed by atoms with Gasteiger partial charge < -0.3 is 9.97 Å². The number of hydrogen-bond acceptors (Lipinski definition) is 6. The third-order valence-electron chi connectivity index (χ3n) is 8.35. The Bertz CT molecular complexity index is 2610. The molecule has 2 aromatic heterocycles. The third-order valence-corrected chi connectivity index (χ3v) is 15.9. The van der Waals surface area contributed by atoms with Crippen molar-refractivity contribution in [2.75, 3.05) is 0 Å². The maximum atomic E-state index is 5.18. The van der Waals surface area contributed by atoms with E-state index in [9.17, 15) is 0 Å². The molecular weight excluding hydrogens is 1140 g/mol. The van der Waals surface area contributed by atoms with E-state index < -0.39 is 0 Å². The van der Waals surface area contributed by atoms with E-state index in [1.54, 1.807) is 0 Å². The van der Waals surface area contributed by atoms with Gasteiger partial charge in [-0.1, -0.05) is 15.9 Å². The van der Waals surface area contributed by atoms with Crippen LogP contribution in [-0.2, 0) is 0 Å². The van der Waals surface area contributed by atoms with Crippen molar-refractivity contribution in [2.24, 2.45) is 0 Å². The van der Waals surface area contributed by atoms with Gasteiger partial charge in [-0.25, -0.2) is 29.9 Å². The Morgan fingerprint density at radius 2 is 0.938 bits per heavy atom. The zero-order valence-electron chi connectivity index (χ0n) is 23.5. The first-order chi connectivity index (χ1) is 23.0. The molecule has 1 aliphatic carbocycles. The van der Waals surface area contributed by atoms with Crippen molar-refractivity contribution in [1.29, 1.82) is 0 Å². The number of halogens is 8. The average molecular weight is 1150 g/mol. The Labute approximate surface area is 338 Å². The molecule has 0 spiro atoms. The SMILES string of the molecule is BrC1=C(Br)CC2C(=C1)c1nc3nc(nc4[nH]c(nc5nc(nc2[nH]1)-c1cc(Br)c(Br)cc1-5)c1cc(Br)c(Br)cc41)-c1cc(Br)c(Br)cc1-3. The monoisotopic (exact) mass is 1140 g/mol.